The fraction of sp³-hybridized carbons (Fsp3) is 0.556. The monoisotopic (exact) mass is 394 g/mol. The second-order valence-electron chi connectivity index (χ2n) is 6.33. The molecule has 0 spiro atoms. The fourth-order valence-electron chi connectivity index (χ4n) is 3.23. The number of nitrogens with two attached hydrogens (primary N) is 1. The van der Waals surface area contributed by atoms with Crippen LogP contribution in [-0.4, -0.2) is 43.4 Å². The van der Waals surface area contributed by atoms with E-state index >= 15 is 0 Å². The first-order valence-electron chi connectivity index (χ1n) is 8.57. The van der Waals surface area contributed by atoms with Gasteiger partial charge in [0, 0.05) is 37.6 Å². The molecule has 1 aromatic carbocycles. The largest absolute Gasteiger partial charge is 0.370 e. The Labute approximate surface area is 152 Å². The summed E-state index contributed by atoms with van der Waals surface area (Å²) in [6.07, 6.45) is 4.70. The first kappa shape index (κ1) is 18.8. The number of rotatable bonds is 6. The van der Waals surface area contributed by atoms with Crippen molar-refractivity contribution in [2.75, 3.05) is 26.7 Å². The Morgan fingerprint density at radius 2 is 2.33 bits per heavy atom. The molecule has 1 aliphatic heterocycles. The van der Waals surface area contributed by atoms with Gasteiger partial charge in [-0.3, -0.25) is 9.79 Å². The molecule has 0 radical (unpaired) electrons. The number of primary amides is 1. The predicted octanol–water partition coefficient (Wildman–Crippen LogP) is 2.54. The lowest BCUT2D eigenvalue weighted by molar-refractivity contribution is -0.119. The maximum absolute atomic E-state index is 11.1. The Hall–Kier alpha value is -1.56. The van der Waals surface area contributed by atoms with E-state index in [-0.39, 0.29) is 5.91 Å². The van der Waals surface area contributed by atoms with Crippen molar-refractivity contribution in [3.8, 4) is 0 Å². The summed E-state index contributed by atoms with van der Waals surface area (Å²) in [7, 11) is 1.81. The highest BCUT2D eigenvalue weighted by Gasteiger charge is 2.23. The molecular weight excluding hydrogens is 368 g/mol. The zero-order valence-electron chi connectivity index (χ0n) is 14.3. The molecular formula is C18H27BrN4O. The van der Waals surface area contributed by atoms with Crippen molar-refractivity contribution >= 4 is 27.8 Å². The standard InChI is InChI=1S/C18H27BrN4O/c1-21-18(23-10-4-7-15(13-23)12-17(20)24)22-9-3-6-14-5-2-8-16(19)11-14/h2,5,8,11,15H,3-4,6-7,9-10,12-13H2,1H3,(H2,20,24)(H,21,22). The number of likely N-dealkylation sites (tertiary alicyclic amines) is 1. The smallest absolute Gasteiger partial charge is 0.217 e. The summed E-state index contributed by atoms with van der Waals surface area (Å²) in [6.45, 7) is 2.73. The molecule has 0 saturated carbocycles. The van der Waals surface area contributed by atoms with Gasteiger partial charge in [0.2, 0.25) is 5.91 Å². The van der Waals surface area contributed by atoms with Crippen LogP contribution in [-0.2, 0) is 11.2 Å². The quantitative estimate of drug-likeness (QED) is 0.442. The van der Waals surface area contributed by atoms with Crippen molar-refractivity contribution in [1.29, 1.82) is 0 Å². The highest BCUT2D eigenvalue weighted by Crippen LogP contribution is 2.19. The van der Waals surface area contributed by atoms with Gasteiger partial charge in [0.25, 0.3) is 0 Å². The van der Waals surface area contributed by atoms with E-state index in [0.29, 0.717) is 12.3 Å². The fourth-order valence-corrected chi connectivity index (χ4v) is 3.67. The van der Waals surface area contributed by atoms with Crippen LogP contribution in [0.5, 0.6) is 0 Å². The predicted molar refractivity (Wildman–Crippen MR) is 102 cm³/mol. The van der Waals surface area contributed by atoms with Crippen LogP contribution in [0.25, 0.3) is 0 Å². The normalized spacial score (nSPS) is 18.5. The number of aryl methyl sites for hydroxylation is 1. The van der Waals surface area contributed by atoms with Gasteiger partial charge < -0.3 is 16.0 Å². The maximum atomic E-state index is 11.1. The van der Waals surface area contributed by atoms with Crippen molar-refractivity contribution in [3.05, 3.63) is 34.3 Å². The molecule has 3 N–H and O–H groups in total. The number of piperidine rings is 1. The minimum atomic E-state index is -0.209. The molecule has 6 heteroatoms. The summed E-state index contributed by atoms with van der Waals surface area (Å²) >= 11 is 3.51. The number of carbonyl (C=O) groups excluding carboxylic acids is 1. The Bertz CT molecular complexity index is 576. The number of amides is 1. The number of halogens is 1. The van der Waals surface area contributed by atoms with Gasteiger partial charge in [0.05, 0.1) is 0 Å². The highest BCUT2D eigenvalue weighted by molar-refractivity contribution is 9.10. The third-order valence-electron chi connectivity index (χ3n) is 4.33. The molecule has 1 aromatic rings. The Balaban J connectivity index is 1.76. The lowest BCUT2D eigenvalue weighted by Crippen LogP contribution is -2.47. The van der Waals surface area contributed by atoms with E-state index in [9.17, 15) is 4.79 Å². The molecule has 1 aliphatic rings. The van der Waals surface area contributed by atoms with Crippen molar-refractivity contribution in [1.82, 2.24) is 10.2 Å². The third-order valence-corrected chi connectivity index (χ3v) is 4.83. The number of nitrogens with zero attached hydrogens (tertiary/aromatic N) is 2. The molecule has 1 heterocycles. The van der Waals surface area contributed by atoms with Crippen LogP contribution in [0.4, 0.5) is 0 Å². The number of benzene rings is 1. The van der Waals surface area contributed by atoms with E-state index < -0.39 is 0 Å². The number of guanidine groups is 1. The summed E-state index contributed by atoms with van der Waals surface area (Å²) in [6, 6.07) is 8.42. The number of aliphatic imine (C=N–C) groups is 1. The van der Waals surface area contributed by atoms with Crippen LogP contribution in [0, 0.1) is 5.92 Å². The molecule has 1 amide bonds. The molecule has 0 aromatic heterocycles. The Kier molecular flexibility index (Phi) is 7.56. The molecule has 0 aliphatic carbocycles. The minimum Gasteiger partial charge on any atom is -0.370 e. The second-order valence-corrected chi connectivity index (χ2v) is 7.25. The van der Waals surface area contributed by atoms with Crippen LogP contribution < -0.4 is 11.1 Å². The van der Waals surface area contributed by atoms with Gasteiger partial charge in [-0.1, -0.05) is 28.1 Å². The van der Waals surface area contributed by atoms with Gasteiger partial charge in [-0.25, -0.2) is 0 Å². The van der Waals surface area contributed by atoms with Crippen molar-refractivity contribution in [2.45, 2.75) is 32.1 Å². The Morgan fingerprint density at radius 1 is 1.50 bits per heavy atom. The summed E-state index contributed by atoms with van der Waals surface area (Å²) in [4.78, 5) is 17.8. The molecule has 2 rings (SSSR count). The first-order chi connectivity index (χ1) is 11.6. The average molecular weight is 395 g/mol. The van der Waals surface area contributed by atoms with Gasteiger partial charge >= 0.3 is 0 Å². The van der Waals surface area contributed by atoms with Gasteiger partial charge in [-0.05, 0) is 49.3 Å². The average Bonchev–Trinajstić information content (AvgIpc) is 2.54. The lowest BCUT2D eigenvalue weighted by Gasteiger charge is -2.34. The van der Waals surface area contributed by atoms with Crippen LogP contribution >= 0.6 is 15.9 Å². The van der Waals surface area contributed by atoms with Crippen molar-refractivity contribution < 1.29 is 4.79 Å². The molecule has 1 atom stereocenters. The lowest BCUT2D eigenvalue weighted by atomic mass is 9.95. The summed E-state index contributed by atoms with van der Waals surface area (Å²) in [5.74, 6) is 1.06. The number of hydrogen-bond acceptors (Lipinski definition) is 2. The van der Waals surface area contributed by atoms with Gasteiger partial charge in [0.1, 0.15) is 0 Å². The van der Waals surface area contributed by atoms with Crippen LogP contribution in [0.3, 0.4) is 0 Å². The third kappa shape index (κ3) is 6.15. The summed E-state index contributed by atoms with van der Waals surface area (Å²) in [5, 5.41) is 3.45. The molecule has 24 heavy (non-hydrogen) atoms. The number of nitrogens with one attached hydrogen (secondary N) is 1. The topological polar surface area (TPSA) is 70.7 Å². The molecule has 1 saturated heterocycles. The van der Waals surface area contributed by atoms with E-state index in [1.807, 2.05) is 13.1 Å². The number of hydrogen-bond donors (Lipinski definition) is 2. The second kappa shape index (κ2) is 9.67. The van der Waals surface area contributed by atoms with Crippen molar-refractivity contribution in [2.24, 2.45) is 16.6 Å². The van der Waals surface area contributed by atoms with E-state index in [2.05, 4.69) is 49.3 Å². The first-order valence-corrected chi connectivity index (χ1v) is 9.36. The SMILES string of the molecule is CN=C(NCCCc1cccc(Br)c1)N1CCCC(CC(N)=O)C1. The minimum absolute atomic E-state index is 0.209. The van der Waals surface area contributed by atoms with Gasteiger partial charge in [-0.15, -0.1) is 0 Å². The zero-order chi connectivity index (χ0) is 17.4. The van der Waals surface area contributed by atoms with Crippen LogP contribution in [0.2, 0.25) is 0 Å². The summed E-state index contributed by atoms with van der Waals surface area (Å²) < 4.78 is 1.12. The molecule has 1 fully saturated rings. The van der Waals surface area contributed by atoms with Crippen molar-refractivity contribution in [3.63, 3.8) is 0 Å². The van der Waals surface area contributed by atoms with Crippen LogP contribution in [0.15, 0.2) is 33.7 Å². The van der Waals surface area contributed by atoms with E-state index in [1.54, 1.807) is 0 Å². The number of carbonyl (C=O) groups is 1. The van der Waals surface area contributed by atoms with Crippen LogP contribution in [0.1, 0.15) is 31.2 Å². The van der Waals surface area contributed by atoms with Gasteiger partial charge in [-0.2, -0.15) is 0 Å². The molecule has 0 bridgehead atoms. The van der Waals surface area contributed by atoms with Gasteiger partial charge in [0.15, 0.2) is 5.96 Å². The molecule has 5 nitrogen and oxygen atoms in total. The van der Waals surface area contributed by atoms with E-state index in [1.165, 1.54) is 5.56 Å². The van der Waals surface area contributed by atoms with E-state index in [0.717, 1.165) is 55.7 Å². The maximum Gasteiger partial charge on any atom is 0.217 e. The summed E-state index contributed by atoms with van der Waals surface area (Å²) in [5.41, 5.74) is 6.67. The Morgan fingerprint density at radius 3 is 3.04 bits per heavy atom. The molecule has 1 unspecified atom stereocenters. The highest BCUT2D eigenvalue weighted by atomic mass is 79.9. The van der Waals surface area contributed by atoms with E-state index in [4.69, 9.17) is 5.73 Å². The zero-order valence-corrected chi connectivity index (χ0v) is 15.9. The molecule has 132 valence electrons.